The van der Waals surface area contributed by atoms with Crippen LogP contribution in [0.15, 0.2) is 0 Å². The second kappa shape index (κ2) is 2.30. The van der Waals surface area contributed by atoms with Gasteiger partial charge in [0, 0.05) is 13.1 Å². The second-order valence-corrected chi connectivity index (χ2v) is 3.29. The topological polar surface area (TPSA) is 3.24 Å². The maximum atomic E-state index is 2.57. The van der Waals surface area contributed by atoms with Crippen molar-refractivity contribution in [2.24, 2.45) is 5.92 Å². The molecule has 2 bridgehead atoms. The standard InChI is InChI=1S/C8H14N/c1-3-8-4-2-6-9(5-1)7-8/h1,8H,2-7H2. The van der Waals surface area contributed by atoms with Gasteiger partial charge in [0.15, 0.2) is 0 Å². The van der Waals surface area contributed by atoms with E-state index in [1.54, 1.807) is 0 Å². The summed E-state index contributed by atoms with van der Waals surface area (Å²) in [6.07, 6.45) is 6.75. The Morgan fingerprint density at radius 3 is 3.22 bits per heavy atom. The van der Waals surface area contributed by atoms with Crippen LogP contribution in [0.2, 0.25) is 0 Å². The third kappa shape index (κ3) is 1.11. The fourth-order valence-corrected chi connectivity index (χ4v) is 2.00. The minimum absolute atomic E-state index is 1.02. The molecule has 2 fully saturated rings. The van der Waals surface area contributed by atoms with Crippen molar-refractivity contribution < 1.29 is 0 Å². The van der Waals surface area contributed by atoms with Gasteiger partial charge in [-0.2, -0.15) is 0 Å². The van der Waals surface area contributed by atoms with E-state index in [1.165, 1.54) is 38.9 Å². The summed E-state index contributed by atoms with van der Waals surface area (Å²) in [4.78, 5) is 2.57. The smallest absolute Gasteiger partial charge is 0.00130 e. The van der Waals surface area contributed by atoms with Crippen LogP contribution < -0.4 is 0 Å². The molecule has 2 heterocycles. The van der Waals surface area contributed by atoms with E-state index in [9.17, 15) is 0 Å². The number of fused-ring (bicyclic) bond motifs is 2. The third-order valence-corrected chi connectivity index (χ3v) is 2.49. The molecule has 0 spiro atoms. The Balaban J connectivity index is 1.96. The number of nitrogens with zero attached hydrogens (tertiary/aromatic N) is 1. The average Bonchev–Trinajstić information content (AvgIpc) is 1.88. The highest BCUT2D eigenvalue weighted by Gasteiger charge is 2.23. The van der Waals surface area contributed by atoms with E-state index in [0.29, 0.717) is 0 Å². The van der Waals surface area contributed by atoms with Gasteiger partial charge in [-0.1, -0.05) is 0 Å². The lowest BCUT2D eigenvalue weighted by Crippen LogP contribution is -2.40. The van der Waals surface area contributed by atoms with Crippen LogP contribution in [0.3, 0.4) is 0 Å². The maximum absolute atomic E-state index is 2.57. The van der Waals surface area contributed by atoms with Gasteiger partial charge in [0.1, 0.15) is 0 Å². The SMILES string of the molecule is [CH]1CC2CCCN(C1)C2. The molecule has 1 heteroatoms. The molecule has 2 rings (SSSR count). The van der Waals surface area contributed by atoms with Crippen LogP contribution in [0.5, 0.6) is 0 Å². The largest absolute Gasteiger partial charge is 0.303 e. The molecule has 0 aliphatic carbocycles. The van der Waals surface area contributed by atoms with E-state index in [4.69, 9.17) is 0 Å². The van der Waals surface area contributed by atoms with E-state index >= 15 is 0 Å². The van der Waals surface area contributed by atoms with Crippen molar-refractivity contribution in [1.82, 2.24) is 4.90 Å². The molecular weight excluding hydrogens is 110 g/mol. The minimum atomic E-state index is 1.02. The molecule has 0 aromatic heterocycles. The fourth-order valence-electron chi connectivity index (χ4n) is 2.00. The van der Waals surface area contributed by atoms with Crippen LogP contribution in [0.4, 0.5) is 0 Å². The van der Waals surface area contributed by atoms with Gasteiger partial charge < -0.3 is 4.90 Å². The molecule has 0 aromatic rings. The number of hydrogen-bond acceptors (Lipinski definition) is 1. The van der Waals surface area contributed by atoms with Gasteiger partial charge in [-0.25, -0.2) is 0 Å². The summed E-state index contributed by atoms with van der Waals surface area (Å²) in [7, 11) is 0. The maximum Gasteiger partial charge on any atom is 0.00130 e. The van der Waals surface area contributed by atoms with Crippen molar-refractivity contribution in [1.29, 1.82) is 0 Å². The lowest BCUT2D eigenvalue weighted by molar-refractivity contribution is 0.153. The molecule has 0 amide bonds. The highest BCUT2D eigenvalue weighted by atomic mass is 15.1. The van der Waals surface area contributed by atoms with Crippen molar-refractivity contribution in [3.8, 4) is 0 Å². The molecule has 0 saturated carbocycles. The van der Waals surface area contributed by atoms with Crippen LogP contribution in [0, 0.1) is 12.3 Å². The Morgan fingerprint density at radius 2 is 2.44 bits per heavy atom. The summed E-state index contributed by atoms with van der Waals surface area (Å²) in [5, 5.41) is 0. The minimum Gasteiger partial charge on any atom is -0.303 e. The van der Waals surface area contributed by atoms with Gasteiger partial charge in [0.25, 0.3) is 0 Å². The van der Waals surface area contributed by atoms with Crippen LogP contribution in [-0.4, -0.2) is 24.5 Å². The van der Waals surface area contributed by atoms with Crippen molar-refractivity contribution in [2.45, 2.75) is 19.3 Å². The molecule has 2 unspecified atom stereocenters. The Labute approximate surface area is 57.0 Å². The van der Waals surface area contributed by atoms with E-state index in [2.05, 4.69) is 11.3 Å². The molecule has 1 radical (unpaired) electrons. The van der Waals surface area contributed by atoms with E-state index in [-0.39, 0.29) is 0 Å². The predicted molar refractivity (Wildman–Crippen MR) is 38.1 cm³/mol. The van der Waals surface area contributed by atoms with Crippen LogP contribution in [-0.2, 0) is 0 Å². The molecule has 2 atom stereocenters. The third-order valence-electron chi connectivity index (χ3n) is 2.49. The van der Waals surface area contributed by atoms with Crippen molar-refractivity contribution in [3.63, 3.8) is 0 Å². The summed E-state index contributed by atoms with van der Waals surface area (Å²) < 4.78 is 0. The predicted octanol–water partition coefficient (Wildman–Crippen LogP) is 1.31. The quantitative estimate of drug-likeness (QED) is 0.470. The highest BCUT2D eigenvalue weighted by molar-refractivity contribution is 4.86. The zero-order valence-corrected chi connectivity index (χ0v) is 5.84. The van der Waals surface area contributed by atoms with Crippen LogP contribution in [0.25, 0.3) is 0 Å². The summed E-state index contributed by atoms with van der Waals surface area (Å²) in [6, 6.07) is 0. The first-order valence-electron chi connectivity index (χ1n) is 3.99. The first kappa shape index (κ1) is 5.72. The Bertz CT molecular complexity index is 80.7. The van der Waals surface area contributed by atoms with Gasteiger partial charge in [0.2, 0.25) is 0 Å². The molecule has 2 aliphatic rings. The number of rotatable bonds is 0. The summed E-state index contributed by atoms with van der Waals surface area (Å²) in [5.74, 6) is 1.02. The van der Waals surface area contributed by atoms with Gasteiger partial charge in [-0.3, -0.25) is 0 Å². The van der Waals surface area contributed by atoms with Gasteiger partial charge in [-0.15, -0.1) is 0 Å². The highest BCUT2D eigenvalue weighted by Crippen LogP contribution is 2.24. The summed E-state index contributed by atoms with van der Waals surface area (Å²) in [6.45, 7) is 4.00. The monoisotopic (exact) mass is 124 g/mol. The second-order valence-electron chi connectivity index (χ2n) is 3.29. The fraction of sp³-hybridized carbons (Fsp3) is 0.875. The van der Waals surface area contributed by atoms with Crippen LogP contribution >= 0.6 is 0 Å². The molecule has 1 nitrogen and oxygen atoms in total. The molecule has 0 aromatic carbocycles. The van der Waals surface area contributed by atoms with Crippen molar-refractivity contribution in [2.75, 3.05) is 19.6 Å². The summed E-state index contributed by atoms with van der Waals surface area (Å²) in [5.41, 5.74) is 0. The molecule has 2 aliphatic heterocycles. The molecule has 2 saturated heterocycles. The van der Waals surface area contributed by atoms with Crippen molar-refractivity contribution >= 4 is 0 Å². The van der Waals surface area contributed by atoms with Crippen molar-refractivity contribution in [3.05, 3.63) is 6.42 Å². The first-order chi connectivity index (χ1) is 4.45. The van der Waals surface area contributed by atoms with Gasteiger partial charge in [-0.05, 0) is 38.1 Å². The van der Waals surface area contributed by atoms with Gasteiger partial charge in [0.05, 0.1) is 0 Å². The molecule has 51 valence electrons. The molecular formula is C8H14N. The lowest BCUT2D eigenvalue weighted by atomic mass is 9.90. The molecule has 0 N–H and O–H groups in total. The van der Waals surface area contributed by atoms with Gasteiger partial charge >= 0.3 is 0 Å². The Kier molecular flexibility index (Phi) is 1.46. The zero-order valence-electron chi connectivity index (χ0n) is 5.84. The lowest BCUT2D eigenvalue weighted by Gasteiger charge is -2.37. The number of hydrogen-bond donors (Lipinski definition) is 0. The summed E-state index contributed by atoms with van der Waals surface area (Å²) >= 11 is 0. The van der Waals surface area contributed by atoms with E-state index in [1.807, 2.05) is 0 Å². The normalized spacial score (nSPS) is 42.7. The average molecular weight is 124 g/mol. The van der Waals surface area contributed by atoms with E-state index in [0.717, 1.165) is 5.92 Å². The zero-order chi connectivity index (χ0) is 6.10. The number of piperidine rings is 2. The Morgan fingerprint density at radius 1 is 1.44 bits per heavy atom. The molecule has 9 heavy (non-hydrogen) atoms. The van der Waals surface area contributed by atoms with Crippen LogP contribution in [0.1, 0.15) is 19.3 Å². The Hall–Kier alpha value is -0.0400. The first-order valence-corrected chi connectivity index (χ1v) is 3.99. The van der Waals surface area contributed by atoms with E-state index < -0.39 is 0 Å².